The van der Waals surface area contributed by atoms with Crippen molar-refractivity contribution >= 4 is 33.4 Å². The summed E-state index contributed by atoms with van der Waals surface area (Å²) in [5.41, 5.74) is -1.31. The largest absolute Gasteiger partial charge is 0.508 e. The second kappa shape index (κ2) is 11.7. The van der Waals surface area contributed by atoms with Crippen molar-refractivity contribution in [1.82, 2.24) is 30.1 Å². The molecule has 2 aromatic carbocycles. The zero-order valence-electron chi connectivity index (χ0n) is 27.3. The fourth-order valence-corrected chi connectivity index (χ4v) is 8.34. The number of anilines is 1. The third-order valence-electron chi connectivity index (χ3n) is 10.6. The predicted molar refractivity (Wildman–Crippen MR) is 179 cm³/mol. The van der Waals surface area contributed by atoms with Crippen LogP contribution < -0.4 is 15.0 Å². The quantitative estimate of drug-likeness (QED) is 0.289. The number of aromatic nitrogens is 3. The average Bonchev–Trinajstić information content (AvgIpc) is 3.73. The van der Waals surface area contributed by atoms with Gasteiger partial charge in [0.2, 0.25) is 0 Å². The van der Waals surface area contributed by atoms with Crippen LogP contribution in [-0.4, -0.2) is 106 Å². The van der Waals surface area contributed by atoms with Crippen LogP contribution in [0.25, 0.3) is 32.9 Å². The van der Waals surface area contributed by atoms with Crippen molar-refractivity contribution in [3.05, 3.63) is 47.2 Å². The van der Waals surface area contributed by atoms with Gasteiger partial charge in [-0.25, -0.2) is 18.2 Å². The van der Waals surface area contributed by atoms with Crippen LogP contribution in [0.3, 0.4) is 0 Å². The van der Waals surface area contributed by atoms with Crippen LogP contribution in [0.15, 0.2) is 24.3 Å². The topological polar surface area (TPSA) is 107 Å². The third-order valence-corrected chi connectivity index (χ3v) is 10.6. The lowest BCUT2D eigenvalue weighted by Crippen LogP contribution is -2.51. The van der Waals surface area contributed by atoms with Gasteiger partial charge in [-0.05, 0) is 55.8 Å². The molecular weight excluding hydrogens is 635 g/mol. The van der Waals surface area contributed by atoms with Crippen molar-refractivity contribution in [2.75, 3.05) is 51.8 Å². The number of hydrogen-bond acceptors (Lipinski definition) is 9. The summed E-state index contributed by atoms with van der Waals surface area (Å²) in [4.78, 5) is 33.4. The number of phenolic OH excluding ortho intramolecular Hbond substituents is 1. The minimum absolute atomic E-state index is 0.00191. The number of alkyl halides is 1. The Bertz CT molecular complexity index is 2060. The molecule has 2 unspecified atom stereocenters. The lowest BCUT2D eigenvalue weighted by atomic mass is 9.95. The molecule has 8 rings (SSSR count). The van der Waals surface area contributed by atoms with Crippen molar-refractivity contribution in [3.8, 4) is 35.4 Å². The Hall–Kier alpha value is -4.67. The minimum atomic E-state index is -0.964. The van der Waals surface area contributed by atoms with Crippen molar-refractivity contribution in [3.63, 3.8) is 0 Å². The van der Waals surface area contributed by atoms with Crippen molar-refractivity contribution in [2.24, 2.45) is 0 Å². The molecule has 1 amide bonds. The second-order valence-electron chi connectivity index (χ2n) is 13.9. The third kappa shape index (κ3) is 5.20. The van der Waals surface area contributed by atoms with E-state index >= 15 is 8.78 Å². The van der Waals surface area contributed by atoms with Gasteiger partial charge >= 0.3 is 6.01 Å². The maximum absolute atomic E-state index is 17.2. The highest BCUT2D eigenvalue weighted by Gasteiger charge is 2.49. The van der Waals surface area contributed by atoms with E-state index in [1.54, 1.807) is 14.1 Å². The number of ether oxygens (including phenoxy) is 1. The van der Waals surface area contributed by atoms with E-state index in [-0.39, 0.29) is 69.3 Å². The van der Waals surface area contributed by atoms with Gasteiger partial charge < -0.3 is 25.0 Å². The van der Waals surface area contributed by atoms with Crippen molar-refractivity contribution in [1.29, 1.82) is 0 Å². The normalized spacial score (nSPS) is 24.8. The maximum Gasteiger partial charge on any atom is 0.319 e. The number of fused-ring (bicyclic) bond motifs is 5. The Balaban J connectivity index is 1.37. The zero-order valence-corrected chi connectivity index (χ0v) is 27.3. The molecule has 49 heavy (non-hydrogen) atoms. The molecule has 0 radical (unpaired) electrons. The molecule has 4 aliphatic rings. The number of amides is 1. The first-order valence-corrected chi connectivity index (χ1v) is 16.6. The number of benzene rings is 2. The second-order valence-corrected chi connectivity index (χ2v) is 13.9. The number of carbonyl (C=O) groups is 1. The molecule has 2 aromatic heterocycles. The van der Waals surface area contributed by atoms with Crippen LogP contribution in [0.4, 0.5) is 19.0 Å². The summed E-state index contributed by atoms with van der Waals surface area (Å²) in [5.74, 6) is 0.280. The first-order chi connectivity index (χ1) is 23.5. The molecule has 4 fully saturated rings. The molecule has 0 saturated carbocycles. The molecule has 0 spiro atoms. The van der Waals surface area contributed by atoms with Gasteiger partial charge in [-0.1, -0.05) is 12.0 Å². The van der Waals surface area contributed by atoms with Crippen LogP contribution in [0.1, 0.15) is 48.2 Å². The Morgan fingerprint density at radius 3 is 2.65 bits per heavy atom. The number of carbonyl (C=O) groups excluding carboxylic acids is 1. The Labute approximate surface area is 281 Å². The monoisotopic (exact) mass is 671 g/mol. The molecule has 2 N–H and O–H groups in total. The predicted octanol–water partition coefficient (Wildman–Crippen LogP) is 4.41. The zero-order chi connectivity index (χ0) is 34.2. The number of phenols is 1. The number of aromatic hydroxyl groups is 1. The van der Waals surface area contributed by atoms with Crippen molar-refractivity contribution in [2.45, 2.75) is 55.9 Å². The summed E-state index contributed by atoms with van der Waals surface area (Å²) >= 11 is 0. The van der Waals surface area contributed by atoms with Gasteiger partial charge in [0.1, 0.15) is 47.1 Å². The molecule has 6 heterocycles. The molecule has 4 atom stereocenters. The molecular formula is C36H36F3N7O3. The standard InChI is InChI=1S/C36H36F3N7O3/c1-4-24-26(38)9-6-19-12-23(47)13-25(27(19)24)30-29(39)31-28(32(41-30)34(48)44(2)3)33(45-16-21-7-8-22(17-45)40-21)43-35(42-31)49-18-36-10-5-11-46(36)15-20(37)14-36/h1,6,9,12-13,20-22,40,47H,5,7-8,10-11,14-18H2,2-3H3/t20-,21?,22?,36+/m1/s1. The van der Waals surface area contributed by atoms with Crippen LogP contribution in [0, 0.1) is 24.0 Å². The number of pyridine rings is 1. The Morgan fingerprint density at radius 2 is 1.92 bits per heavy atom. The van der Waals surface area contributed by atoms with Gasteiger partial charge in [0, 0.05) is 63.2 Å². The van der Waals surface area contributed by atoms with Crippen LogP contribution in [0.2, 0.25) is 0 Å². The van der Waals surface area contributed by atoms with E-state index in [1.165, 1.54) is 29.2 Å². The van der Waals surface area contributed by atoms with Gasteiger partial charge in [-0.15, -0.1) is 6.42 Å². The first kappa shape index (κ1) is 31.6. The van der Waals surface area contributed by atoms with E-state index < -0.39 is 29.3 Å². The Kier molecular flexibility index (Phi) is 7.57. The molecule has 10 nitrogen and oxygen atoms in total. The SMILES string of the molecule is C#Cc1c(F)ccc2cc(O)cc(-c3nc(C(=O)N(C)C)c4c(N5CC6CCC(C5)N6)nc(OC[C@@]56CCCN5C[C@H](F)C6)nc4c3F)c12. The maximum atomic E-state index is 17.2. The molecule has 4 aliphatic heterocycles. The van der Waals surface area contributed by atoms with E-state index in [9.17, 15) is 14.3 Å². The average molecular weight is 672 g/mol. The fourth-order valence-electron chi connectivity index (χ4n) is 8.34. The molecule has 13 heteroatoms. The van der Waals surface area contributed by atoms with Gasteiger partial charge in [0.05, 0.1) is 16.5 Å². The van der Waals surface area contributed by atoms with E-state index in [0.717, 1.165) is 32.2 Å². The van der Waals surface area contributed by atoms with Gasteiger partial charge in [-0.2, -0.15) is 9.97 Å². The number of terminal acetylenes is 1. The summed E-state index contributed by atoms with van der Waals surface area (Å²) in [7, 11) is 3.12. The number of piperazine rings is 1. The Morgan fingerprint density at radius 1 is 1.14 bits per heavy atom. The number of hydrogen-bond donors (Lipinski definition) is 2. The lowest BCUT2D eigenvalue weighted by molar-refractivity contribution is 0.0824. The summed E-state index contributed by atoms with van der Waals surface area (Å²) in [6, 6.07) is 5.51. The van der Waals surface area contributed by atoms with Crippen LogP contribution >= 0.6 is 0 Å². The molecule has 0 aliphatic carbocycles. The van der Waals surface area contributed by atoms with Crippen LogP contribution in [-0.2, 0) is 0 Å². The summed E-state index contributed by atoms with van der Waals surface area (Å²) < 4.78 is 53.1. The highest BCUT2D eigenvalue weighted by molar-refractivity contribution is 6.11. The van der Waals surface area contributed by atoms with Crippen molar-refractivity contribution < 1.29 is 27.8 Å². The molecule has 254 valence electrons. The number of nitrogens with one attached hydrogen (secondary N) is 1. The number of nitrogens with zero attached hydrogens (tertiary/aromatic N) is 6. The number of halogens is 3. The van der Waals surface area contributed by atoms with E-state index in [1.807, 2.05) is 4.90 Å². The highest BCUT2D eigenvalue weighted by Crippen LogP contribution is 2.43. The first-order valence-electron chi connectivity index (χ1n) is 16.6. The summed E-state index contributed by atoms with van der Waals surface area (Å²) in [6.45, 7) is 2.36. The van der Waals surface area contributed by atoms with Gasteiger partial charge in [0.15, 0.2) is 5.82 Å². The number of rotatable bonds is 6. The summed E-state index contributed by atoms with van der Waals surface area (Å²) in [6.07, 6.45) is 8.71. The molecule has 4 saturated heterocycles. The lowest BCUT2D eigenvalue weighted by Gasteiger charge is -2.35. The minimum Gasteiger partial charge on any atom is -0.508 e. The van der Waals surface area contributed by atoms with Gasteiger partial charge in [0.25, 0.3) is 5.91 Å². The fraction of sp³-hybridized carbons (Fsp3) is 0.444. The summed E-state index contributed by atoms with van der Waals surface area (Å²) in [5, 5.41) is 14.9. The van der Waals surface area contributed by atoms with E-state index in [4.69, 9.17) is 16.1 Å². The van der Waals surface area contributed by atoms with E-state index in [2.05, 4.69) is 26.1 Å². The van der Waals surface area contributed by atoms with Gasteiger partial charge in [-0.3, -0.25) is 9.69 Å². The van der Waals surface area contributed by atoms with E-state index in [0.29, 0.717) is 37.3 Å². The smallest absolute Gasteiger partial charge is 0.319 e. The molecule has 2 bridgehead atoms. The molecule has 4 aromatic rings. The highest BCUT2D eigenvalue weighted by atomic mass is 19.1. The van der Waals surface area contributed by atoms with Crippen LogP contribution in [0.5, 0.6) is 11.8 Å².